The number of rotatable bonds is 7. The molecule has 4 aromatic rings. The molecule has 1 fully saturated rings. The molecule has 0 radical (unpaired) electrons. The first-order valence-corrected chi connectivity index (χ1v) is 13.9. The average molecular weight is 560 g/mol. The Kier molecular flexibility index (Phi) is 7.91. The first-order chi connectivity index (χ1) is 19.6. The van der Waals surface area contributed by atoms with Gasteiger partial charge in [-0.25, -0.2) is 14.5 Å². The maximum Gasteiger partial charge on any atom is 0.410 e. The summed E-state index contributed by atoms with van der Waals surface area (Å²) in [6.45, 7) is 11.0. The summed E-state index contributed by atoms with van der Waals surface area (Å²) in [5.74, 6) is 0.307. The van der Waals surface area contributed by atoms with E-state index in [1.807, 2.05) is 80.4 Å². The van der Waals surface area contributed by atoms with Crippen molar-refractivity contribution in [1.82, 2.24) is 34.2 Å². The van der Waals surface area contributed by atoms with Crippen LogP contribution in [-0.4, -0.2) is 64.9 Å². The minimum atomic E-state index is -0.559. The number of likely N-dealkylation sites (tertiary alicyclic amines) is 1. The fraction of sp³-hybridized carbons (Fsp3) is 0.448. The highest BCUT2D eigenvalue weighted by atomic mass is 16.6. The molecule has 0 atom stereocenters. The van der Waals surface area contributed by atoms with E-state index in [4.69, 9.17) is 4.74 Å². The summed E-state index contributed by atoms with van der Waals surface area (Å²) >= 11 is 0. The predicted octanol–water partition coefficient (Wildman–Crippen LogP) is 4.79. The van der Waals surface area contributed by atoms with E-state index in [9.17, 15) is 9.59 Å². The van der Waals surface area contributed by atoms with Crippen molar-refractivity contribution in [3.8, 4) is 5.69 Å². The lowest BCUT2D eigenvalue weighted by atomic mass is 9.96. The molecule has 1 aliphatic heterocycles. The van der Waals surface area contributed by atoms with Gasteiger partial charge in [-0.2, -0.15) is 15.1 Å². The van der Waals surface area contributed by atoms with E-state index < -0.39 is 5.60 Å². The molecule has 4 heterocycles. The summed E-state index contributed by atoms with van der Waals surface area (Å²) in [4.78, 5) is 41.2. The lowest BCUT2D eigenvalue weighted by Gasteiger charge is -2.32. The lowest BCUT2D eigenvalue weighted by Crippen LogP contribution is -2.43. The van der Waals surface area contributed by atoms with Crippen LogP contribution in [0.25, 0.3) is 16.9 Å². The average Bonchev–Trinajstić information content (AvgIpc) is 3.62. The molecule has 5 rings (SSSR count). The van der Waals surface area contributed by atoms with Crippen LogP contribution in [0, 0.1) is 5.92 Å². The Morgan fingerprint density at radius 2 is 1.85 bits per heavy atom. The number of hydrogen-bond acceptors (Lipinski definition) is 8. The van der Waals surface area contributed by atoms with Crippen molar-refractivity contribution in [2.75, 3.05) is 23.7 Å². The standard InChI is InChI=1S/C29H37N9O3/c1-19(2)37-18-31-23-24(30-17-21-9-6-7-10-22(21)38-14-8-13-32-38)33-27(34-25(23)37)35-26(39)20-11-15-36(16-12-20)28(40)41-29(3,4)5/h6-10,13-14,18-20H,11-12,15-17H2,1-5H3,(H2,30,33,34,35,39). The number of amides is 2. The SMILES string of the molecule is CC(C)n1cnc2c(NCc3ccccc3-n3cccn3)nc(NC(=O)C3CCN(C(=O)OC(C)(C)C)CC3)nc21. The van der Waals surface area contributed by atoms with Gasteiger partial charge in [-0.05, 0) is 65.2 Å². The van der Waals surface area contributed by atoms with Crippen LogP contribution in [0.15, 0.2) is 49.1 Å². The highest BCUT2D eigenvalue weighted by Gasteiger charge is 2.30. The first-order valence-electron chi connectivity index (χ1n) is 13.9. The minimum Gasteiger partial charge on any atom is -0.444 e. The van der Waals surface area contributed by atoms with Crippen LogP contribution in [0.4, 0.5) is 16.6 Å². The number of hydrogen-bond donors (Lipinski definition) is 2. The Balaban J connectivity index is 1.33. The molecule has 41 heavy (non-hydrogen) atoms. The van der Waals surface area contributed by atoms with Crippen molar-refractivity contribution in [3.05, 3.63) is 54.6 Å². The lowest BCUT2D eigenvalue weighted by molar-refractivity contribution is -0.121. The monoisotopic (exact) mass is 559 g/mol. The van der Waals surface area contributed by atoms with Gasteiger partial charge in [0.05, 0.1) is 12.0 Å². The summed E-state index contributed by atoms with van der Waals surface area (Å²) in [5.41, 5.74) is 2.67. The molecule has 0 saturated carbocycles. The van der Waals surface area contributed by atoms with Gasteiger partial charge >= 0.3 is 6.09 Å². The second-order valence-corrected chi connectivity index (χ2v) is 11.5. The van der Waals surface area contributed by atoms with Crippen molar-refractivity contribution in [2.24, 2.45) is 5.92 Å². The van der Waals surface area contributed by atoms with Crippen LogP contribution < -0.4 is 10.6 Å². The Bertz CT molecular complexity index is 1510. The van der Waals surface area contributed by atoms with Crippen LogP contribution in [-0.2, 0) is 16.1 Å². The Labute approximate surface area is 239 Å². The molecule has 12 heteroatoms. The van der Waals surface area contributed by atoms with Crippen molar-refractivity contribution in [2.45, 2.75) is 65.6 Å². The van der Waals surface area contributed by atoms with E-state index in [0.717, 1.165) is 11.3 Å². The van der Waals surface area contributed by atoms with Crippen molar-refractivity contribution in [1.29, 1.82) is 0 Å². The largest absolute Gasteiger partial charge is 0.444 e. The van der Waals surface area contributed by atoms with Crippen molar-refractivity contribution < 1.29 is 14.3 Å². The quantitative estimate of drug-likeness (QED) is 0.330. The zero-order valence-corrected chi connectivity index (χ0v) is 24.2. The number of fused-ring (bicyclic) bond motifs is 1. The summed E-state index contributed by atoms with van der Waals surface area (Å²) in [5, 5.41) is 10.7. The molecule has 0 spiro atoms. The molecule has 0 unspecified atom stereocenters. The van der Waals surface area contributed by atoms with Crippen molar-refractivity contribution >= 4 is 34.9 Å². The number of nitrogens with one attached hydrogen (secondary N) is 2. The van der Waals surface area contributed by atoms with Gasteiger partial charge in [0.15, 0.2) is 17.0 Å². The van der Waals surface area contributed by atoms with Crippen LogP contribution >= 0.6 is 0 Å². The highest BCUT2D eigenvalue weighted by Crippen LogP contribution is 2.26. The Morgan fingerprint density at radius 3 is 2.54 bits per heavy atom. The molecule has 0 bridgehead atoms. The maximum absolute atomic E-state index is 13.3. The van der Waals surface area contributed by atoms with Crippen molar-refractivity contribution in [3.63, 3.8) is 0 Å². The highest BCUT2D eigenvalue weighted by molar-refractivity contribution is 5.93. The second-order valence-electron chi connectivity index (χ2n) is 11.5. The molecule has 12 nitrogen and oxygen atoms in total. The molecule has 1 aliphatic rings. The molecule has 3 aromatic heterocycles. The van der Waals surface area contributed by atoms with Gasteiger partial charge in [-0.1, -0.05) is 18.2 Å². The van der Waals surface area contributed by atoms with Crippen LogP contribution in [0.3, 0.4) is 0 Å². The maximum atomic E-state index is 13.3. The van der Waals surface area contributed by atoms with Gasteiger partial charge < -0.3 is 19.5 Å². The van der Waals surface area contributed by atoms with Crippen LogP contribution in [0.5, 0.6) is 0 Å². The van der Waals surface area contributed by atoms with Gasteiger partial charge in [0, 0.05) is 44.0 Å². The number of ether oxygens (including phenoxy) is 1. The molecular formula is C29H37N9O3. The third kappa shape index (κ3) is 6.47. The molecule has 216 valence electrons. The Hall–Kier alpha value is -4.48. The minimum absolute atomic E-state index is 0.115. The van der Waals surface area contributed by atoms with Gasteiger partial charge in [0.2, 0.25) is 11.9 Å². The summed E-state index contributed by atoms with van der Waals surface area (Å²) in [6.07, 6.45) is 6.10. The molecular weight excluding hydrogens is 522 g/mol. The number of piperidine rings is 1. The van der Waals surface area contributed by atoms with Crippen LogP contribution in [0.2, 0.25) is 0 Å². The number of carbonyl (C=O) groups excluding carboxylic acids is 2. The topological polar surface area (TPSA) is 132 Å². The smallest absolute Gasteiger partial charge is 0.410 e. The fourth-order valence-corrected chi connectivity index (χ4v) is 4.81. The zero-order valence-electron chi connectivity index (χ0n) is 24.2. The zero-order chi connectivity index (χ0) is 29.1. The fourth-order valence-electron chi connectivity index (χ4n) is 4.81. The van der Waals surface area contributed by atoms with Gasteiger partial charge in [-0.15, -0.1) is 0 Å². The number of imidazole rings is 1. The molecule has 1 aromatic carbocycles. The number of anilines is 2. The first kappa shape index (κ1) is 28.1. The van der Waals surface area contributed by atoms with E-state index in [2.05, 4.69) is 30.7 Å². The van der Waals surface area contributed by atoms with E-state index in [1.165, 1.54) is 0 Å². The third-order valence-electron chi connectivity index (χ3n) is 6.92. The number of para-hydroxylation sites is 1. The summed E-state index contributed by atoms with van der Waals surface area (Å²) in [7, 11) is 0. The van der Waals surface area contributed by atoms with E-state index in [-0.39, 0.29) is 29.9 Å². The molecule has 2 amide bonds. The van der Waals surface area contributed by atoms with Gasteiger partial charge in [0.1, 0.15) is 5.60 Å². The van der Waals surface area contributed by atoms with Gasteiger partial charge in [-0.3, -0.25) is 10.1 Å². The normalized spacial score (nSPS) is 14.4. The van der Waals surface area contributed by atoms with Gasteiger partial charge in [0.25, 0.3) is 0 Å². The predicted molar refractivity (Wildman–Crippen MR) is 156 cm³/mol. The Morgan fingerprint density at radius 1 is 1.10 bits per heavy atom. The van der Waals surface area contributed by atoms with Crippen LogP contribution in [0.1, 0.15) is 59.1 Å². The molecule has 1 saturated heterocycles. The van der Waals surface area contributed by atoms with E-state index >= 15 is 0 Å². The van der Waals surface area contributed by atoms with E-state index in [0.29, 0.717) is 49.5 Å². The number of aromatic nitrogens is 6. The summed E-state index contributed by atoms with van der Waals surface area (Å²) < 4.78 is 9.25. The molecule has 0 aliphatic carbocycles. The number of benzene rings is 1. The van der Waals surface area contributed by atoms with E-state index in [1.54, 1.807) is 17.4 Å². The number of nitrogens with zero attached hydrogens (tertiary/aromatic N) is 7. The second kappa shape index (κ2) is 11.6. The summed E-state index contributed by atoms with van der Waals surface area (Å²) in [6, 6.07) is 9.98. The third-order valence-corrected chi connectivity index (χ3v) is 6.92. The number of carbonyl (C=O) groups is 2. The molecule has 2 N–H and O–H groups in total.